The zero-order valence-electron chi connectivity index (χ0n) is 10.8. The van der Waals surface area contributed by atoms with E-state index in [1.165, 1.54) is 29.2 Å². The van der Waals surface area contributed by atoms with Crippen LogP contribution in [0.3, 0.4) is 0 Å². The maximum atomic E-state index is 12.8. The summed E-state index contributed by atoms with van der Waals surface area (Å²) < 4.78 is 12.8. The molecule has 0 saturated heterocycles. The smallest absolute Gasteiger partial charge is 0.308 e. The van der Waals surface area contributed by atoms with E-state index in [0.717, 1.165) is 0 Å². The molecule has 2 rings (SSSR count). The quantitative estimate of drug-likeness (QED) is 0.908. The van der Waals surface area contributed by atoms with Gasteiger partial charge in [0.15, 0.2) is 0 Å². The number of halogens is 1. The van der Waals surface area contributed by atoms with Crippen LogP contribution < -0.4 is 10.2 Å². The van der Waals surface area contributed by atoms with Crippen molar-refractivity contribution >= 4 is 17.4 Å². The lowest BCUT2D eigenvalue weighted by molar-refractivity contribution is 0.258. The summed E-state index contributed by atoms with van der Waals surface area (Å²) in [6.07, 6.45) is 0. The Bertz CT molecular complexity index is 662. The van der Waals surface area contributed by atoms with Crippen molar-refractivity contribution in [2.75, 3.05) is 17.3 Å². The zero-order chi connectivity index (χ0) is 14.5. The minimum Gasteiger partial charge on any atom is -0.308 e. The van der Waals surface area contributed by atoms with Crippen molar-refractivity contribution in [2.24, 2.45) is 0 Å². The Balaban J connectivity index is 2.12. The summed E-state index contributed by atoms with van der Waals surface area (Å²) in [5.41, 5.74) is 1.58. The Morgan fingerprint density at radius 2 is 1.95 bits per heavy atom. The fourth-order valence-electron chi connectivity index (χ4n) is 1.64. The number of nitriles is 1. The number of hydrogen-bond donors (Lipinski definition) is 1. The Morgan fingerprint density at radius 1 is 1.25 bits per heavy atom. The Labute approximate surface area is 116 Å². The van der Waals surface area contributed by atoms with Crippen LogP contribution in [-0.2, 0) is 0 Å². The number of anilines is 2. The Hall–Kier alpha value is -2.87. The number of benzene rings is 2. The lowest BCUT2D eigenvalue weighted by Crippen LogP contribution is -2.31. The van der Waals surface area contributed by atoms with E-state index in [4.69, 9.17) is 5.26 Å². The molecular weight excluding hydrogens is 257 g/mol. The number of carbonyl (C=O) groups is 1. The van der Waals surface area contributed by atoms with Crippen molar-refractivity contribution in [3.05, 3.63) is 59.9 Å². The topological polar surface area (TPSA) is 56.1 Å². The Morgan fingerprint density at radius 3 is 2.60 bits per heavy atom. The molecule has 0 saturated carbocycles. The highest BCUT2D eigenvalue weighted by Crippen LogP contribution is 2.16. The van der Waals surface area contributed by atoms with E-state index >= 15 is 0 Å². The van der Waals surface area contributed by atoms with E-state index in [1.807, 2.05) is 6.07 Å². The first-order chi connectivity index (χ1) is 9.60. The third-order valence-corrected chi connectivity index (χ3v) is 2.76. The van der Waals surface area contributed by atoms with Gasteiger partial charge >= 0.3 is 6.03 Å². The molecule has 0 aliphatic rings. The third-order valence-electron chi connectivity index (χ3n) is 2.76. The second-order valence-electron chi connectivity index (χ2n) is 4.16. The highest BCUT2D eigenvalue weighted by molar-refractivity contribution is 6.01. The molecule has 0 unspecified atom stereocenters. The predicted octanol–water partition coefficient (Wildman–Crippen LogP) is 3.37. The van der Waals surface area contributed by atoms with Crippen LogP contribution >= 0.6 is 0 Å². The van der Waals surface area contributed by atoms with Crippen LogP contribution in [0.4, 0.5) is 20.6 Å². The summed E-state index contributed by atoms with van der Waals surface area (Å²) >= 11 is 0. The molecular formula is C15H12FN3O. The minimum absolute atomic E-state index is 0.363. The number of carbonyl (C=O) groups excluding carboxylic acids is 1. The van der Waals surface area contributed by atoms with Crippen LogP contribution in [0.2, 0.25) is 0 Å². The average Bonchev–Trinajstić information content (AvgIpc) is 2.48. The molecule has 5 heteroatoms. The van der Waals surface area contributed by atoms with Gasteiger partial charge in [-0.05, 0) is 42.5 Å². The van der Waals surface area contributed by atoms with Gasteiger partial charge in [0.2, 0.25) is 0 Å². The highest BCUT2D eigenvalue weighted by Gasteiger charge is 2.11. The molecule has 0 aliphatic carbocycles. The number of urea groups is 1. The maximum absolute atomic E-state index is 12.8. The van der Waals surface area contributed by atoms with Crippen molar-refractivity contribution in [2.45, 2.75) is 0 Å². The van der Waals surface area contributed by atoms with Crippen molar-refractivity contribution in [3.8, 4) is 6.07 Å². The molecule has 2 aromatic rings. The molecule has 0 radical (unpaired) electrons. The molecule has 20 heavy (non-hydrogen) atoms. The monoisotopic (exact) mass is 269 g/mol. The molecule has 4 nitrogen and oxygen atoms in total. The molecule has 100 valence electrons. The van der Waals surface area contributed by atoms with Gasteiger partial charge in [0.1, 0.15) is 5.82 Å². The number of amides is 2. The summed E-state index contributed by atoms with van der Waals surface area (Å²) in [4.78, 5) is 13.4. The van der Waals surface area contributed by atoms with Crippen LogP contribution in [0, 0.1) is 17.1 Å². The highest BCUT2D eigenvalue weighted by atomic mass is 19.1. The summed E-state index contributed by atoms with van der Waals surface area (Å²) in [6.45, 7) is 0. The zero-order valence-corrected chi connectivity index (χ0v) is 10.8. The molecule has 0 fully saturated rings. The van der Waals surface area contributed by atoms with E-state index in [-0.39, 0.29) is 11.8 Å². The maximum Gasteiger partial charge on any atom is 0.326 e. The molecule has 0 aliphatic heterocycles. The van der Waals surface area contributed by atoms with E-state index in [2.05, 4.69) is 5.32 Å². The number of rotatable bonds is 2. The third kappa shape index (κ3) is 3.12. The molecule has 0 atom stereocenters. The van der Waals surface area contributed by atoms with Crippen LogP contribution in [0.25, 0.3) is 0 Å². The van der Waals surface area contributed by atoms with Gasteiger partial charge in [0.05, 0.1) is 11.6 Å². The van der Waals surface area contributed by atoms with Gasteiger partial charge in [-0.2, -0.15) is 5.26 Å². The number of hydrogen-bond acceptors (Lipinski definition) is 2. The van der Waals surface area contributed by atoms with Crippen LogP contribution in [0.1, 0.15) is 5.56 Å². The van der Waals surface area contributed by atoms with E-state index in [9.17, 15) is 9.18 Å². The first-order valence-corrected chi connectivity index (χ1v) is 5.90. The SMILES string of the molecule is CN(C(=O)Nc1ccc(F)cc1)c1cccc(C#N)c1. The standard InChI is InChI=1S/C15H12FN3O/c1-19(14-4-2-3-11(9-14)10-17)15(20)18-13-7-5-12(16)6-8-13/h2-9H,1H3,(H,18,20). The minimum atomic E-state index is -0.369. The predicted molar refractivity (Wildman–Crippen MR) is 75.0 cm³/mol. The van der Waals surface area contributed by atoms with Crippen molar-refractivity contribution < 1.29 is 9.18 Å². The Kier molecular flexibility index (Phi) is 3.96. The van der Waals surface area contributed by atoms with Gasteiger partial charge in [-0.3, -0.25) is 4.90 Å². The van der Waals surface area contributed by atoms with Crippen molar-refractivity contribution in [1.82, 2.24) is 0 Å². The number of nitrogens with zero attached hydrogens (tertiary/aromatic N) is 2. The second kappa shape index (κ2) is 5.85. The van der Waals surface area contributed by atoms with E-state index < -0.39 is 0 Å². The molecule has 0 spiro atoms. The second-order valence-corrected chi connectivity index (χ2v) is 4.16. The van der Waals surface area contributed by atoms with Gasteiger partial charge in [-0.25, -0.2) is 9.18 Å². The lowest BCUT2D eigenvalue weighted by Gasteiger charge is -2.18. The first kappa shape index (κ1) is 13.6. The molecule has 2 amide bonds. The number of nitrogens with one attached hydrogen (secondary N) is 1. The molecule has 0 aromatic heterocycles. The normalized spacial score (nSPS) is 9.65. The molecule has 0 heterocycles. The van der Waals surface area contributed by atoms with Crippen molar-refractivity contribution in [1.29, 1.82) is 5.26 Å². The van der Waals surface area contributed by atoms with Gasteiger partial charge in [-0.15, -0.1) is 0 Å². The van der Waals surface area contributed by atoms with Gasteiger partial charge < -0.3 is 5.32 Å². The summed E-state index contributed by atoms with van der Waals surface area (Å²) in [7, 11) is 1.59. The largest absolute Gasteiger partial charge is 0.326 e. The summed E-state index contributed by atoms with van der Waals surface area (Å²) in [5, 5.41) is 11.5. The lowest BCUT2D eigenvalue weighted by atomic mass is 10.2. The van der Waals surface area contributed by atoms with Gasteiger partial charge in [0, 0.05) is 18.4 Å². The van der Waals surface area contributed by atoms with Crippen LogP contribution in [0.15, 0.2) is 48.5 Å². The fraction of sp³-hybridized carbons (Fsp3) is 0.0667. The van der Waals surface area contributed by atoms with Gasteiger partial charge in [-0.1, -0.05) is 6.07 Å². The molecule has 0 bridgehead atoms. The van der Waals surface area contributed by atoms with E-state index in [0.29, 0.717) is 16.9 Å². The molecule has 2 aromatic carbocycles. The average molecular weight is 269 g/mol. The fourth-order valence-corrected chi connectivity index (χ4v) is 1.64. The van der Waals surface area contributed by atoms with Crippen LogP contribution in [-0.4, -0.2) is 13.1 Å². The van der Waals surface area contributed by atoms with E-state index in [1.54, 1.807) is 31.3 Å². The first-order valence-electron chi connectivity index (χ1n) is 5.90. The van der Waals surface area contributed by atoms with Crippen LogP contribution in [0.5, 0.6) is 0 Å². The molecule has 1 N–H and O–H groups in total. The van der Waals surface area contributed by atoms with Gasteiger partial charge in [0.25, 0.3) is 0 Å². The summed E-state index contributed by atoms with van der Waals surface area (Å²) in [5.74, 6) is -0.363. The summed E-state index contributed by atoms with van der Waals surface area (Å²) in [6, 6.07) is 13.9. The van der Waals surface area contributed by atoms with Crippen molar-refractivity contribution in [3.63, 3.8) is 0 Å².